The van der Waals surface area contributed by atoms with E-state index in [-0.39, 0.29) is 0 Å². The highest BCUT2D eigenvalue weighted by atomic mass is 79.9. The normalized spacial score (nSPS) is 22.4. The van der Waals surface area contributed by atoms with Crippen molar-refractivity contribution in [1.82, 2.24) is 19.5 Å². The van der Waals surface area contributed by atoms with Gasteiger partial charge in [-0.3, -0.25) is 0 Å². The molecule has 0 unspecified atom stereocenters. The standard InChI is InChI=1S/C30H31BrN6O4/c1-30(39)24(41-29(25(30)38)37-12-11-21-26(32)34-16-35-28(21)37)10-6-17-3-7-19-14-22(31)27(36-23(19)13-17)33-15-18-4-8-20(40-2)9-5-18/h3-5,7-9,11-14,16,24-25,29,38-39H,6,10,15H2,1-2H3,(H,33,36)(H2,32,34,35)/t24-,25+,29-,30-/m1/s1. The lowest BCUT2D eigenvalue weighted by atomic mass is 9.90. The number of benzene rings is 2. The van der Waals surface area contributed by atoms with Gasteiger partial charge in [0, 0.05) is 18.1 Å². The van der Waals surface area contributed by atoms with Crippen molar-refractivity contribution in [1.29, 1.82) is 0 Å². The topological polar surface area (TPSA) is 141 Å². The third-order valence-electron chi connectivity index (χ3n) is 7.79. The Bertz CT molecular complexity index is 1710. The molecule has 0 spiro atoms. The van der Waals surface area contributed by atoms with E-state index in [0.29, 0.717) is 36.2 Å². The van der Waals surface area contributed by atoms with Crippen LogP contribution in [-0.4, -0.2) is 54.7 Å². The molecule has 3 aromatic heterocycles. The average molecular weight is 620 g/mol. The number of hydrogen-bond donors (Lipinski definition) is 4. The fourth-order valence-electron chi connectivity index (χ4n) is 5.33. The molecule has 11 heteroatoms. The number of aliphatic hydroxyl groups is 2. The van der Waals surface area contributed by atoms with E-state index in [0.717, 1.165) is 38.1 Å². The molecule has 0 bridgehead atoms. The monoisotopic (exact) mass is 618 g/mol. The summed E-state index contributed by atoms with van der Waals surface area (Å²) < 4.78 is 14.1. The van der Waals surface area contributed by atoms with Gasteiger partial charge in [-0.1, -0.05) is 24.3 Å². The van der Waals surface area contributed by atoms with Crippen LogP contribution >= 0.6 is 15.9 Å². The summed E-state index contributed by atoms with van der Waals surface area (Å²) in [4.78, 5) is 13.2. The molecular weight excluding hydrogens is 588 g/mol. The van der Waals surface area contributed by atoms with Crippen LogP contribution in [0, 0.1) is 0 Å². The molecule has 5 aromatic rings. The fourth-order valence-corrected chi connectivity index (χ4v) is 5.80. The summed E-state index contributed by atoms with van der Waals surface area (Å²) in [6.45, 7) is 2.23. The number of nitrogens with zero attached hydrogens (tertiary/aromatic N) is 4. The first kappa shape index (κ1) is 27.4. The van der Waals surface area contributed by atoms with Gasteiger partial charge in [0.2, 0.25) is 0 Å². The molecule has 4 atom stereocenters. The van der Waals surface area contributed by atoms with E-state index in [2.05, 4.69) is 43.3 Å². The summed E-state index contributed by atoms with van der Waals surface area (Å²) in [5, 5.41) is 27.4. The second-order valence-electron chi connectivity index (χ2n) is 10.5. The van der Waals surface area contributed by atoms with Crippen LogP contribution in [0.4, 0.5) is 11.6 Å². The molecule has 0 saturated carbocycles. The summed E-state index contributed by atoms with van der Waals surface area (Å²) in [6, 6.07) is 17.9. The minimum atomic E-state index is -1.46. The second kappa shape index (κ2) is 10.9. The smallest absolute Gasteiger partial charge is 0.164 e. The van der Waals surface area contributed by atoms with Crippen LogP contribution in [0.1, 0.15) is 30.7 Å². The number of rotatable bonds is 8. The van der Waals surface area contributed by atoms with Gasteiger partial charge >= 0.3 is 0 Å². The highest BCUT2D eigenvalue weighted by Crippen LogP contribution is 2.40. The van der Waals surface area contributed by atoms with Gasteiger partial charge in [-0.05, 0) is 77.2 Å². The van der Waals surface area contributed by atoms with Crippen LogP contribution in [0.25, 0.3) is 21.9 Å². The van der Waals surface area contributed by atoms with E-state index in [4.69, 9.17) is 20.2 Å². The average Bonchev–Trinajstić information content (AvgIpc) is 3.50. The van der Waals surface area contributed by atoms with Crippen molar-refractivity contribution in [3.63, 3.8) is 0 Å². The molecule has 1 aliphatic heterocycles. The summed E-state index contributed by atoms with van der Waals surface area (Å²) in [5.41, 5.74) is 8.08. The number of nitrogens with two attached hydrogens (primary N) is 1. The predicted molar refractivity (Wildman–Crippen MR) is 161 cm³/mol. The lowest BCUT2D eigenvalue weighted by Crippen LogP contribution is -2.44. The summed E-state index contributed by atoms with van der Waals surface area (Å²) in [5.74, 6) is 1.92. The van der Waals surface area contributed by atoms with Crippen LogP contribution in [0.3, 0.4) is 0 Å². The van der Waals surface area contributed by atoms with Gasteiger partial charge in [-0.25, -0.2) is 15.0 Å². The van der Waals surface area contributed by atoms with E-state index < -0.39 is 24.0 Å². The van der Waals surface area contributed by atoms with Gasteiger partial charge < -0.3 is 35.3 Å². The number of methoxy groups -OCH3 is 1. The van der Waals surface area contributed by atoms with E-state index in [1.807, 2.05) is 36.4 Å². The number of aromatic nitrogens is 4. The fraction of sp³-hybridized carbons (Fsp3) is 0.300. The lowest BCUT2D eigenvalue weighted by Gasteiger charge is -2.26. The first-order chi connectivity index (χ1) is 19.7. The van der Waals surface area contributed by atoms with Crippen molar-refractivity contribution < 1.29 is 19.7 Å². The molecule has 0 aliphatic carbocycles. The molecule has 4 heterocycles. The van der Waals surface area contributed by atoms with Crippen LogP contribution in [-0.2, 0) is 17.7 Å². The predicted octanol–water partition coefficient (Wildman–Crippen LogP) is 4.59. The minimum absolute atomic E-state index is 0.348. The maximum atomic E-state index is 11.2. The van der Waals surface area contributed by atoms with Gasteiger partial charge in [0.05, 0.1) is 28.6 Å². The summed E-state index contributed by atoms with van der Waals surface area (Å²) in [7, 11) is 1.65. The molecule has 0 radical (unpaired) electrons. The SMILES string of the molecule is COc1ccc(CNc2nc3cc(CC[C@H]4O[C@@H](n5ccc6c(N)ncnc65)[C@H](O)[C@]4(C)O)ccc3cc2Br)cc1. The molecule has 212 valence electrons. The molecule has 6 rings (SSSR count). The quantitative estimate of drug-likeness (QED) is 0.196. The molecule has 1 fully saturated rings. The van der Waals surface area contributed by atoms with Crippen molar-refractivity contribution in [3.8, 4) is 5.75 Å². The van der Waals surface area contributed by atoms with Crippen LogP contribution < -0.4 is 15.8 Å². The third-order valence-corrected chi connectivity index (χ3v) is 8.39. The number of ether oxygens (including phenoxy) is 2. The first-order valence-corrected chi connectivity index (χ1v) is 14.1. The number of halogens is 1. The largest absolute Gasteiger partial charge is 0.497 e. The zero-order chi connectivity index (χ0) is 28.7. The van der Waals surface area contributed by atoms with Gasteiger partial charge in [0.25, 0.3) is 0 Å². The molecular formula is C30H31BrN6O4. The zero-order valence-electron chi connectivity index (χ0n) is 22.7. The summed E-state index contributed by atoms with van der Waals surface area (Å²) in [6.07, 6.45) is 1.68. The molecule has 2 aromatic carbocycles. The Balaban J connectivity index is 1.17. The van der Waals surface area contributed by atoms with Crippen molar-refractivity contribution in [2.24, 2.45) is 0 Å². The van der Waals surface area contributed by atoms with Crippen molar-refractivity contribution in [2.45, 2.75) is 50.3 Å². The Morgan fingerprint density at radius 1 is 1.12 bits per heavy atom. The van der Waals surface area contributed by atoms with Crippen LogP contribution in [0.2, 0.25) is 0 Å². The Labute approximate surface area is 245 Å². The molecule has 41 heavy (non-hydrogen) atoms. The molecule has 0 amide bonds. The molecule has 1 saturated heterocycles. The van der Waals surface area contributed by atoms with Crippen molar-refractivity contribution in [3.05, 3.63) is 82.7 Å². The minimum Gasteiger partial charge on any atom is -0.497 e. The highest BCUT2D eigenvalue weighted by molar-refractivity contribution is 9.10. The van der Waals surface area contributed by atoms with Gasteiger partial charge in [0.1, 0.15) is 41.1 Å². The second-order valence-corrected chi connectivity index (χ2v) is 11.3. The number of aliphatic hydroxyl groups excluding tert-OH is 1. The Hall–Kier alpha value is -3.77. The molecule has 1 aliphatic rings. The zero-order valence-corrected chi connectivity index (χ0v) is 24.2. The van der Waals surface area contributed by atoms with Crippen LogP contribution in [0.15, 0.2) is 71.6 Å². The number of fused-ring (bicyclic) bond motifs is 2. The molecule has 10 nitrogen and oxygen atoms in total. The van der Waals surface area contributed by atoms with Crippen molar-refractivity contribution >= 4 is 49.5 Å². The number of nitrogens with one attached hydrogen (secondary N) is 1. The van der Waals surface area contributed by atoms with Gasteiger partial charge in [0.15, 0.2) is 6.23 Å². The highest BCUT2D eigenvalue weighted by Gasteiger charge is 2.52. The third kappa shape index (κ3) is 5.21. The van der Waals surface area contributed by atoms with E-state index in [1.54, 1.807) is 30.9 Å². The van der Waals surface area contributed by atoms with E-state index in [1.165, 1.54) is 6.33 Å². The van der Waals surface area contributed by atoms with Crippen LogP contribution in [0.5, 0.6) is 5.75 Å². The number of anilines is 2. The number of nitrogen functional groups attached to an aromatic ring is 1. The van der Waals surface area contributed by atoms with Crippen molar-refractivity contribution in [2.75, 3.05) is 18.2 Å². The Kier molecular flexibility index (Phi) is 7.28. The maximum Gasteiger partial charge on any atom is 0.164 e. The Morgan fingerprint density at radius 2 is 1.90 bits per heavy atom. The number of hydrogen-bond acceptors (Lipinski definition) is 9. The molecule has 5 N–H and O–H groups in total. The number of aryl methyl sites for hydroxylation is 1. The van der Waals surface area contributed by atoms with E-state index >= 15 is 0 Å². The summed E-state index contributed by atoms with van der Waals surface area (Å²) >= 11 is 3.64. The number of pyridine rings is 1. The Morgan fingerprint density at radius 3 is 2.68 bits per heavy atom. The lowest BCUT2D eigenvalue weighted by molar-refractivity contribution is -0.0652. The maximum absolute atomic E-state index is 11.2. The van der Waals surface area contributed by atoms with Gasteiger partial charge in [-0.2, -0.15) is 0 Å². The van der Waals surface area contributed by atoms with Gasteiger partial charge in [-0.15, -0.1) is 0 Å². The first-order valence-electron chi connectivity index (χ1n) is 13.3. The van der Waals surface area contributed by atoms with E-state index in [9.17, 15) is 10.2 Å².